The van der Waals surface area contributed by atoms with Gasteiger partial charge < -0.3 is 15.3 Å². The molecule has 1 rings (SSSR count). The predicted molar refractivity (Wildman–Crippen MR) is 102 cm³/mol. The Morgan fingerprint density at radius 3 is 2.40 bits per heavy atom. The van der Waals surface area contributed by atoms with Crippen molar-refractivity contribution in [3.05, 3.63) is 0 Å². The van der Waals surface area contributed by atoms with E-state index in [-0.39, 0.29) is 23.7 Å². The molecule has 2 amide bonds. The van der Waals surface area contributed by atoms with Crippen LogP contribution in [0.3, 0.4) is 0 Å². The highest BCUT2D eigenvalue weighted by Gasteiger charge is 2.28. The van der Waals surface area contributed by atoms with Gasteiger partial charge in [-0.25, -0.2) is 0 Å². The van der Waals surface area contributed by atoms with Crippen molar-refractivity contribution in [3.63, 3.8) is 0 Å². The number of hydrogen-bond donors (Lipinski definition) is 2. The van der Waals surface area contributed by atoms with Crippen LogP contribution in [-0.4, -0.2) is 52.9 Å². The van der Waals surface area contributed by atoms with Crippen molar-refractivity contribution in [3.8, 4) is 0 Å². The van der Waals surface area contributed by atoms with Crippen molar-refractivity contribution >= 4 is 23.4 Å². The Bertz CT molecular complexity index is 419. The molecule has 5 nitrogen and oxygen atoms in total. The van der Waals surface area contributed by atoms with E-state index in [0.717, 1.165) is 32.1 Å². The van der Waals surface area contributed by atoms with Crippen molar-refractivity contribution in [1.29, 1.82) is 0 Å². The molecule has 1 fully saturated rings. The molecule has 1 aliphatic heterocycles. The second-order valence-electron chi connectivity index (χ2n) is 7.52. The van der Waals surface area contributed by atoms with Crippen LogP contribution in [0.1, 0.15) is 71.6 Å². The van der Waals surface area contributed by atoms with Gasteiger partial charge in [0, 0.05) is 13.5 Å². The summed E-state index contributed by atoms with van der Waals surface area (Å²) in [4.78, 5) is 26.3. The topological polar surface area (TPSA) is 69.6 Å². The van der Waals surface area contributed by atoms with Gasteiger partial charge >= 0.3 is 0 Å². The lowest BCUT2D eigenvalue weighted by molar-refractivity contribution is -0.139. The van der Waals surface area contributed by atoms with Gasteiger partial charge in [0.1, 0.15) is 6.04 Å². The molecule has 146 valence electrons. The molecule has 0 aromatic carbocycles. The van der Waals surface area contributed by atoms with Gasteiger partial charge in [0.25, 0.3) is 0 Å². The van der Waals surface area contributed by atoms with Crippen LogP contribution in [0.25, 0.3) is 0 Å². The third-order valence-electron chi connectivity index (χ3n) is 5.30. The number of carbonyl (C=O) groups excluding carboxylic acids is 2. The van der Waals surface area contributed by atoms with E-state index >= 15 is 0 Å². The van der Waals surface area contributed by atoms with E-state index in [0.29, 0.717) is 18.8 Å². The minimum atomic E-state index is -0.778. The maximum Gasteiger partial charge on any atom is 0.242 e. The molecule has 1 aliphatic rings. The van der Waals surface area contributed by atoms with Gasteiger partial charge in [-0.2, -0.15) is 0 Å². The van der Waals surface area contributed by atoms with Crippen molar-refractivity contribution in [2.75, 3.05) is 12.9 Å². The van der Waals surface area contributed by atoms with Crippen LogP contribution in [0.5, 0.6) is 0 Å². The average Bonchev–Trinajstić information content (AvgIpc) is 2.60. The summed E-state index contributed by atoms with van der Waals surface area (Å²) in [5.74, 6) is 0.258. The molecule has 0 aliphatic carbocycles. The number of likely N-dealkylation sites (N-methyl/N-ethyl adjacent to an activating group) is 1. The Morgan fingerprint density at radius 1 is 1.16 bits per heavy atom. The van der Waals surface area contributed by atoms with E-state index in [1.165, 1.54) is 17.7 Å². The minimum Gasteiger partial charge on any atom is -0.390 e. The number of nitrogens with zero attached hydrogens (tertiary/aromatic N) is 1. The number of rotatable bonds is 2. The summed E-state index contributed by atoms with van der Waals surface area (Å²) in [5, 5.41) is 13.1. The van der Waals surface area contributed by atoms with Crippen LogP contribution < -0.4 is 5.32 Å². The smallest absolute Gasteiger partial charge is 0.242 e. The lowest BCUT2D eigenvalue weighted by atomic mass is 9.93. The first-order chi connectivity index (χ1) is 11.9. The molecule has 0 bridgehead atoms. The zero-order valence-corrected chi connectivity index (χ0v) is 16.7. The van der Waals surface area contributed by atoms with Crippen molar-refractivity contribution in [1.82, 2.24) is 10.2 Å². The summed E-state index contributed by atoms with van der Waals surface area (Å²) in [6.45, 7) is 3.88. The Hall–Kier alpha value is -0.810. The average molecular weight is 375 g/mol. The van der Waals surface area contributed by atoms with Crippen LogP contribution in [0, 0.1) is 5.92 Å². The van der Waals surface area contributed by atoms with Crippen LogP contribution in [0.2, 0.25) is 0 Å². The number of amides is 2. The first-order valence-corrected chi connectivity index (χ1v) is 10.2. The van der Waals surface area contributed by atoms with Crippen molar-refractivity contribution in [2.45, 2.75) is 89.8 Å². The molecule has 1 saturated heterocycles. The van der Waals surface area contributed by atoms with Gasteiger partial charge in [-0.05, 0) is 25.7 Å². The van der Waals surface area contributed by atoms with Crippen LogP contribution in [0.15, 0.2) is 0 Å². The largest absolute Gasteiger partial charge is 0.390 e. The number of nitrogens with one attached hydrogen (secondary N) is 1. The second kappa shape index (κ2) is 11.7. The Balaban J connectivity index is 2.81. The summed E-state index contributed by atoms with van der Waals surface area (Å²) >= 11 is 5.82. The highest BCUT2D eigenvalue weighted by Crippen LogP contribution is 2.19. The van der Waals surface area contributed by atoms with Crippen molar-refractivity contribution < 1.29 is 14.7 Å². The van der Waals surface area contributed by atoms with Crippen LogP contribution in [-0.2, 0) is 9.59 Å². The highest BCUT2D eigenvalue weighted by atomic mass is 35.5. The monoisotopic (exact) mass is 374 g/mol. The molecule has 0 aromatic heterocycles. The number of alkyl halides is 1. The second-order valence-corrected chi connectivity index (χ2v) is 7.83. The number of aliphatic hydroxyl groups is 1. The molecule has 4 atom stereocenters. The normalized spacial score (nSPS) is 30.0. The van der Waals surface area contributed by atoms with E-state index in [4.69, 9.17) is 11.6 Å². The number of halogens is 1. The molecule has 0 unspecified atom stereocenters. The van der Waals surface area contributed by atoms with E-state index in [1.807, 2.05) is 0 Å². The summed E-state index contributed by atoms with van der Waals surface area (Å²) in [6, 6.07) is -0.931. The molecule has 0 radical (unpaired) electrons. The van der Waals surface area contributed by atoms with E-state index in [9.17, 15) is 14.7 Å². The molecule has 0 aromatic rings. The third kappa shape index (κ3) is 7.95. The molecule has 0 saturated carbocycles. The Kier molecular flexibility index (Phi) is 10.4. The third-order valence-corrected chi connectivity index (χ3v) is 5.61. The van der Waals surface area contributed by atoms with Gasteiger partial charge in [-0.1, -0.05) is 45.4 Å². The van der Waals surface area contributed by atoms with Gasteiger partial charge in [0.05, 0.1) is 18.0 Å². The van der Waals surface area contributed by atoms with Gasteiger partial charge in [-0.3, -0.25) is 9.59 Å². The van der Waals surface area contributed by atoms with Gasteiger partial charge in [-0.15, -0.1) is 11.6 Å². The molecule has 2 N–H and O–H groups in total. The Morgan fingerprint density at radius 2 is 1.76 bits per heavy atom. The first-order valence-electron chi connectivity index (χ1n) is 9.66. The summed E-state index contributed by atoms with van der Waals surface area (Å²) in [7, 11) is 1.67. The molecule has 1 heterocycles. The molecule has 25 heavy (non-hydrogen) atoms. The summed E-state index contributed by atoms with van der Waals surface area (Å²) < 4.78 is 0. The van der Waals surface area contributed by atoms with Gasteiger partial charge in [0.15, 0.2) is 0 Å². The maximum atomic E-state index is 12.5. The quantitative estimate of drug-likeness (QED) is 0.730. The SMILES string of the molecule is C[C@@H]1CCCCCCCCC(=O)N(C)[C@@H](C)C(=O)N[C@H]([C@H](O)CCl)C1. The lowest BCUT2D eigenvalue weighted by Crippen LogP contribution is -2.52. The number of carbonyl (C=O) groups is 2. The standard InChI is InChI=1S/C19H35ClN2O3/c1-14-10-8-6-4-5-7-9-11-18(24)22(3)15(2)19(25)21-16(12-14)17(23)13-20/h14-17,23H,4-13H2,1-3H3,(H,21,25)/t14-,15+,16+,17-/m1/s1. The fraction of sp³-hybridized carbons (Fsp3) is 0.895. The fourth-order valence-electron chi connectivity index (χ4n) is 3.32. The van der Waals surface area contributed by atoms with E-state index in [1.54, 1.807) is 14.0 Å². The van der Waals surface area contributed by atoms with E-state index in [2.05, 4.69) is 12.2 Å². The number of aliphatic hydroxyl groups excluding tert-OH is 1. The number of hydrogen-bond acceptors (Lipinski definition) is 3. The molecular weight excluding hydrogens is 340 g/mol. The van der Waals surface area contributed by atoms with Crippen molar-refractivity contribution in [2.24, 2.45) is 5.92 Å². The Labute approximate surface area is 157 Å². The maximum absolute atomic E-state index is 12.5. The highest BCUT2D eigenvalue weighted by molar-refractivity contribution is 6.18. The molecule has 0 spiro atoms. The zero-order chi connectivity index (χ0) is 18.8. The van der Waals surface area contributed by atoms with E-state index < -0.39 is 12.1 Å². The minimum absolute atomic E-state index is 0.00226. The van der Waals surface area contributed by atoms with Crippen LogP contribution >= 0.6 is 11.6 Å². The molecule has 6 heteroatoms. The van der Waals surface area contributed by atoms with Crippen LogP contribution in [0.4, 0.5) is 0 Å². The zero-order valence-electron chi connectivity index (χ0n) is 16.0. The van der Waals surface area contributed by atoms with Gasteiger partial charge in [0.2, 0.25) is 11.8 Å². The fourth-order valence-corrected chi connectivity index (χ4v) is 3.53. The summed E-state index contributed by atoms with van der Waals surface area (Å²) in [6.07, 6.45) is 8.17. The summed E-state index contributed by atoms with van der Waals surface area (Å²) in [5.41, 5.74) is 0. The lowest BCUT2D eigenvalue weighted by Gasteiger charge is -2.30. The first kappa shape index (κ1) is 22.2. The predicted octanol–water partition coefficient (Wildman–Crippen LogP) is 3.08. The molecular formula is C19H35ClN2O3.